The molecule has 4 nitrogen and oxygen atoms in total. The molecule has 0 radical (unpaired) electrons. The van der Waals surface area contributed by atoms with Crippen LogP contribution in [0.5, 0.6) is 5.75 Å². The fraction of sp³-hybridized carbons (Fsp3) is 0.500. The van der Waals surface area contributed by atoms with Crippen LogP contribution < -0.4 is 15.4 Å². The summed E-state index contributed by atoms with van der Waals surface area (Å²) in [6, 6.07) is 5.99. The highest BCUT2D eigenvalue weighted by Gasteiger charge is 2.25. The minimum absolute atomic E-state index is 0.0611. The van der Waals surface area contributed by atoms with Crippen molar-refractivity contribution >= 4 is 11.6 Å². The number of benzene rings is 1. The standard InChI is InChI=1S/C14H20N2O2/c1-9-8-12(6-7-13(9)18-3)15-10(2)14(17)16-11-4-5-11/h6-8,10-11,15H,4-5H2,1-3H3,(H,16,17). The fourth-order valence-electron chi connectivity index (χ4n) is 1.84. The number of methoxy groups -OCH3 is 1. The average molecular weight is 248 g/mol. The molecule has 1 aromatic rings. The second-order valence-corrected chi connectivity index (χ2v) is 4.83. The predicted octanol–water partition coefficient (Wildman–Crippen LogP) is 2.08. The third kappa shape index (κ3) is 3.15. The third-order valence-electron chi connectivity index (χ3n) is 3.10. The zero-order chi connectivity index (χ0) is 13.1. The van der Waals surface area contributed by atoms with Crippen LogP contribution >= 0.6 is 0 Å². The molecule has 1 unspecified atom stereocenters. The molecule has 1 amide bonds. The lowest BCUT2D eigenvalue weighted by Crippen LogP contribution is -2.38. The van der Waals surface area contributed by atoms with E-state index in [4.69, 9.17) is 4.74 Å². The van der Waals surface area contributed by atoms with E-state index in [0.29, 0.717) is 6.04 Å². The largest absolute Gasteiger partial charge is 0.496 e. The topological polar surface area (TPSA) is 50.4 Å². The van der Waals surface area contributed by atoms with Gasteiger partial charge in [-0.15, -0.1) is 0 Å². The summed E-state index contributed by atoms with van der Waals surface area (Å²) in [4.78, 5) is 11.8. The van der Waals surface area contributed by atoms with Crippen molar-refractivity contribution in [3.63, 3.8) is 0 Å². The Bertz CT molecular complexity index is 441. The van der Waals surface area contributed by atoms with Crippen molar-refractivity contribution in [2.45, 2.75) is 38.8 Å². The van der Waals surface area contributed by atoms with Gasteiger partial charge < -0.3 is 15.4 Å². The zero-order valence-corrected chi connectivity index (χ0v) is 11.1. The first kappa shape index (κ1) is 12.7. The first-order valence-electron chi connectivity index (χ1n) is 6.31. The first-order chi connectivity index (χ1) is 8.60. The third-order valence-corrected chi connectivity index (χ3v) is 3.10. The molecule has 0 saturated heterocycles. The van der Waals surface area contributed by atoms with Crippen molar-refractivity contribution in [1.29, 1.82) is 0 Å². The Morgan fingerprint density at radius 2 is 2.17 bits per heavy atom. The van der Waals surface area contributed by atoms with Gasteiger partial charge in [0.05, 0.1) is 7.11 Å². The highest BCUT2D eigenvalue weighted by Crippen LogP contribution is 2.22. The maximum absolute atomic E-state index is 11.8. The molecule has 0 aromatic heterocycles. The summed E-state index contributed by atoms with van der Waals surface area (Å²) in [5.41, 5.74) is 1.99. The molecule has 1 fully saturated rings. The van der Waals surface area contributed by atoms with E-state index in [1.165, 1.54) is 0 Å². The van der Waals surface area contributed by atoms with Crippen molar-refractivity contribution < 1.29 is 9.53 Å². The van der Waals surface area contributed by atoms with E-state index in [1.807, 2.05) is 32.0 Å². The lowest BCUT2D eigenvalue weighted by molar-refractivity contribution is -0.121. The van der Waals surface area contributed by atoms with Gasteiger partial charge in [0.25, 0.3) is 0 Å². The molecule has 98 valence electrons. The molecule has 0 spiro atoms. The molecule has 1 aromatic carbocycles. The summed E-state index contributed by atoms with van der Waals surface area (Å²) in [7, 11) is 1.65. The lowest BCUT2D eigenvalue weighted by atomic mass is 10.2. The van der Waals surface area contributed by atoms with Crippen molar-refractivity contribution in [3.05, 3.63) is 23.8 Å². The summed E-state index contributed by atoms with van der Waals surface area (Å²) < 4.78 is 5.21. The van der Waals surface area contributed by atoms with Gasteiger partial charge in [0, 0.05) is 11.7 Å². The van der Waals surface area contributed by atoms with E-state index in [9.17, 15) is 4.79 Å². The van der Waals surface area contributed by atoms with Crippen LogP contribution in [-0.2, 0) is 4.79 Å². The molecule has 1 atom stereocenters. The molecule has 1 aliphatic rings. The number of amides is 1. The molecule has 0 aliphatic heterocycles. The molecular weight excluding hydrogens is 228 g/mol. The van der Waals surface area contributed by atoms with Crippen LogP contribution in [-0.4, -0.2) is 25.1 Å². The number of carbonyl (C=O) groups excluding carboxylic acids is 1. The second kappa shape index (κ2) is 5.29. The summed E-state index contributed by atoms with van der Waals surface area (Å²) in [6.45, 7) is 3.86. The number of aryl methyl sites for hydroxylation is 1. The SMILES string of the molecule is COc1ccc(NC(C)C(=O)NC2CC2)cc1C. The van der Waals surface area contributed by atoms with E-state index < -0.39 is 0 Å². The normalized spacial score (nSPS) is 15.9. The maximum Gasteiger partial charge on any atom is 0.242 e. The first-order valence-corrected chi connectivity index (χ1v) is 6.31. The molecule has 1 aliphatic carbocycles. The number of carbonyl (C=O) groups is 1. The van der Waals surface area contributed by atoms with E-state index in [0.717, 1.165) is 29.8 Å². The van der Waals surface area contributed by atoms with Gasteiger partial charge in [-0.25, -0.2) is 0 Å². The van der Waals surface area contributed by atoms with E-state index >= 15 is 0 Å². The van der Waals surface area contributed by atoms with Gasteiger partial charge in [0.15, 0.2) is 0 Å². The Kier molecular flexibility index (Phi) is 3.75. The number of hydrogen-bond acceptors (Lipinski definition) is 3. The fourth-order valence-corrected chi connectivity index (χ4v) is 1.84. The number of nitrogens with one attached hydrogen (secondary N) is 2. The Labute approximate surface area is 108 Å². The number of hydrogen-bond donors (Lipinski definition) is 2. The highest BCUT2D eigenvalue weighted by atomic mass is 16.5. The molecule has 2 rings (SSSR count). The van der Waals surface area contributed by atoms with Crippen LogP contribution in [0.4, 0.5) is 5.69 Å². The second-order valence-electron chi connectivity index (χ2n) is 4.83. The Morgan fingerprint density at radius 1 is 1.44 bits per heavy atom. The zero-order valence-electron chi connectivity index (χ0n) is 11.1. The van der Waals surface area contributed by atoms with Gasteiger partial charge in [-0.2, -0.15) is 0 Å². The lowest BCUT2D eigenvalue weighted by Gasteiger charge is -2.16. The minimum atomic E-state index is -0.224. The molecule has 0 heterocycles. The van der Waals surface area contributed by atoms with Gasteiger partial charge in [0.2, 0.25) is 5.91 Å². The molecule has 2 N–H and O–H groups in total. The van der Waals surface area contributed by atoms with Gasteiger partial charge in [-0.1, -0.05) is 0 Å². The van der Waals surface area contributed by atoms with Crippen LogP contribution in [0.1, 0.15) is 25.3 Å². The van der Waals surface area contributed by atoms with Crippen molar-refractivity contribution in [2.75, 3.05) is 12.4 Å². The van der Waals surface area contributed by atoms with Crippen molar-refractivity contribution in [2.24, 2.45) is 0 Å². The maximum atomic E-state index is 11.8. The van der Waals surface area contributed by atoms with Crippen LogP contribution in [0.2, 0.25) is 0 Å². The molecular formula is C14H20N2O2. The minimum Gasteiger partial charge on any atom is -0.496 e. The molecule has 18 heavy (non-hydrogen) atoms. The molecule has 1 saturated carbocycles. The van der Waals surface area contributed by atoms with Crippen LogP contribution in [0.15, 0.2) is 18.2 Å². The van der Waals surface area contributed by atoms with Gasteiger partial charge >= 0.3 is 0 Å². The van der Waals surface area contributed by atoms with E-state index in [-0.39, 0.29) is 11.9 Å². The Morgan fingerprint density at radius 3 is 2.72 bits per heavy atom. The van der Waals surface area contributed by atoms with E-state index in [2.05, 4.69) is 10.6 Å². The van der Waals surface area contributed by atoms with Crippen LogP contribution in [0.3, 0.4) is 0 Å². The number of rotatable bonds is 5. The Balaban J connectivity index is 1.95. The smallest absolute Gasteiger partial charge is 0.242 e. The summed E-state index contributed by atoms with van der Waals surface area (Å²) >= 11 is 0. The van der Waals surface area contributed by atoms with Crippen LogP contribution in [0, 0.1) is 6.92 Å². The summed E-state index contributed by atoms with van der Waals surface area (Å²) in [5, 5.41) is 6.18. The van der Waals surface area contributed by atoms with Crippen molar-refractivity contribution in [1.82, 2.24) is 5.32 Å². The van der Waals surface area contributed by atoms with E-state index in [1.54, 1.807) is 7.11 Å². The highest BCUT2D eigenvalue weighted by molar-refractivity contribution is 5.84. The van der Waals surface area contributed by atoms with Gasteiger partial charge in [-0.05, 0) is 50.5 Å². The van der Waals surface area contributed by atoms with Crippen LogP contribution in [0.25, 0.3) is 0 Å². The quantitative estimate of drug-likeness (QED) is 0.839. The molecule has 4 heteroatoms. The monoisotopic (exact) mass is 248 g/mol. The Hall–Kier alpha value is -1.71. The number of ether oxygens (including phenoxy) is 1. The van der Waals surface area contributed by atoms with Gasteiger partial charge in [-0.3, -0.25) is 4.79 Å². The van der Waals surface area contributed by atoms with Crippen molar-refractivity contribution in [3.8, 4) is 5.75 Å². The number of anilines is 1. The molecule has 0 bridgehead atoms. The summed E-state index contributed by atoms with van der Waals surface area (Å²) in [6.07, 6.45) is 2.22. The summed E-state index contributed by atoms with van der Waals surface area (Å²) in [5.74, 6) is 0.918. The van der Waals surface area contributed by atoms with Gasteiger partial charge in [0.1, 0.15) is 11.8 Å². The average Bonchev–Trinajstić information content (AvgIpc) is 3.13. The predicted molar refractivity (Wildman–Crippen MR) is 72.0 cm³/mol.